The lowest BCUT2D eigenvalue weighted by Gasteiger charge is -2.27. The number of hydrogen-bond donors (Lipinski definition) is 3. The van der Waals surface area contributed by atoms with E-state index in [9.17, 15) is 20.1 Å². The van der Waals surface area contributed by atoms with Crippen LogP contribution in [0.1, 0.15) is 44.4 Å². The number of aliphatic hydroxyl groups is 1. The van der Waals surface area contributed by atoms with Crippen LogP contribution in [0.15, 0.2) is 34.0 Å². The van der Waals surface area contributed by atoms with Gasteiger partial charge in [0.15, 0.2) is 11.3 Å². The van der Waals surface area contributed by atoms with E-state index in [2.05, 4.69) is 6.58 Å². The summed E-state index contributed by atoms with van der Waals surface area (Å²) in [5, 5.41) is 32.3. The van der Waals surface area contributed by atoms with Crippen molar-refractivity contribution in [3.8, 4) is 17.2 Å². The van der Waals surface area contributed by atoms with Crippen molar-refractivity contribution < 1.29 is 24.5 Å². The van der Waals surface area contributed by atoms with Gasteiger partial charge in [-0.3, -0.25) is 4.79 Å². The average molecular weight is 410 g/mol. The van der Waals surface area contributed by atoms with E-state index in [-0.39, 0.29) is 39.9 Å². The Kier molecular flexibility index (Phi) is 4.23. The molecule has 3 aromatic rings. The predicted octanol–water partition coefficient (Wildman–Crippen LogP) is 4.20. The molecule has 158 valence electrons. The third kappa shape index (κ3) is 2.70. The van der Waals surface area contributed by atoms with Crippen LogP contribution in [0.25, 0.3) is 21.9 Å². The topological polar surface area (TPSA) is 100 Å². The molecule has 0 bridgehead atoms. The molecule has 3 N–H and O–H groups in total. The zero-order valence-corrected chi connectivity index (χ0v) is 17.8. The summed E-state index contributed by atoms with van der Waals surface area (Å²) in [4.78, 5) is 13.4. The third-order valence-corrected chi connectivity index (χ3v) is 6.08. The van der Waals surface area contributed by atoms with Gasteiger partial charge in [-0.2, -0.15) is 0 Å². The Labute approximate surface area is 174 Å². The van der Waals surface area contributed by atoms with Crippen LogP contribution < -0.4 is 10.2 Å². The van der Waals surface area contributed by atoms with Crippen molar-refractivity contribution in [3.05, 3.63) is 51.7 Å². The van der Waals surface area contributed by atoms with Gasteiger partial charge in [-0.15, -0.1) is 6.58 Å². The van der Waals surface area contributed by atoms with Crippen molar-refractivity contribution in [1.82, 2.24) is 0 Å². The van der Waals surface area contributed by atoms with E-state index >= 15 is 0 Å². The molecule has 0 aliphatic carbocycles. The first-order valence-electron chi connectivity index (χ1n) is 9.88. The minimum atomic E-state index is -1.16. The molecule has 1 aliphatic heterocycles. The van der Waals surface area contributed by atoms with Crippen molar-refractivity contribution in [2.24, 2.45) is 0 Å². The lowest BCUT2D eigenvalue weighted by Crippen LogP contribution is -2.39. The summed E-state index contributed by atoms with van der Waals surface area (Å²) in [6, 6.07) is 3.21. The van der Waals surface area contributed by atoms with Gasteiger partial charge in [-0.1, -0.05) is 26.0 Å². The summed E-state index contributed by atoms with van der Waals surface area (Å²) < 4.78 is 12.2. The maximum absolute atomic E-state index is 13.4. The first kappa shape index (κ1) is 20.3. The molecule has 0 saturated carbocycles. The van der Waals surface area contributed by atoms with Gasteiger partial charge in [0.05, 0.1) is 11.0 Å². The molecule has 0 radical (unpaired) electrons. The number of allylic oxidation sites excluding steroid dienone is 1. The van der Waals surface area contributed by atoms with Crippen LogP contribution in [-0.4, -0.2) is 27.0 Å². The molecule has 0 saturated heterocycles. The minimum Gasteiger partial charge on any atom is -0.507 e. The van der Waals surface area contributed by atoms with Crippen molar-refractivity contribution in [3.63, 3.8) is 0 Å². The molecule has 2 aromatic carbocycles. The van der Waals surface area contributed by atoms with Crippen LogP contribution in [0.3, 0.4) is 0 Å². The number of aromatic hydroxyl groups is 2. The minimum absolute atomic E-state index is 0.0365. The number of rotatable bonds is 3. The molecule has 1 unspecified atom stereocenters. The van der Waals surface area contributed by atoms with E-state index in [1.165, 1.54) is 0 Å². The van der Waals surface area contributed by atoms with Crippen molar-refractivity contribution in [1.29, 1.82) is 0 Å². The molecule has 2 heterocycles. The van der Waals surface area contributed by atoms with E-state index in [1.54, 1.807) is 39.0 Å². The first-order chi connectivity index (χ1) is 13.9. The quantitative estimate of drug-likeness (QED) is 0.442. The average Bonchev–Trinajstić information content (AvgIpc) is 3.10. The van der Waals surface area contributed by atoms with Gasteiger partial charge >= 0.3 is 0 Å². The fraction of sp³-hybridized carbons (Fsp3) is 0.375. The molecule has 1 atom stereocenters. The van der Waals surface area contributed by atoms with Gasteiger partial charge in [0.2, 0.25) is 5.43 Å². The number of benzene rings is 2. The maximum atomic E-state index is 13.4. The summed E-state index contributed by atoms with van der Waals surface area (Å²) in [6.07, 6.45) is 1.35. The van der Waals surface area contributed by atoms with Crippen LogP contribution in [0.2, 0.25) is 0 Å². The Bertz CT molecular complexity index is 1270. The molecule has 1 aromatic heterocycles. The molecule has 4 rings (SSSR count). The molecule has 0 fully saturated rings. The highest BCUT2D eigenvalue weighted by Crippen LogP contribution is 2.50. The predicted molar refractivity (Wildman–Crippen MR) is 116 cm³/mol. The van der Waals surface area contributed by atoms with Crippen LogP contribution in [0.5, 0.6) is 17.2 Å². The first-order valence-corrected chi connectivity index (χ1v) is 9.88. The molecular weight excluding hydrogens is 384 g/mol. The number of phenols is 2. The molecule has 6 heteroatoms. The fourth-order valence-corrected chi connectivity index (χ4v) is 4.02. The molecule has 0 amide bonds. The number of hydrogen-bond acceptors (Lipinski definition) is 6. The second kappa shape index (κ2) is 6.25. The van der Waals surface area contributed by atoms with Gasteiger partial charge < -0.3 is 24.5 Å². The summed E-state index contributed by atoms with van der Waals surface area (Å²) in [6.45, 7) is 12.7. The van der Waals surface area contributed by atoms with E-state index in [0.717, 1.165) is 0 Å². The zero-order chi connectivity index (χ0) is 22.2. The van der Waals surface area contributed by atoms with Crippen molar-refractivity contribution in [2.75, 3.05) is 0 Å². The highest BCUT2D eigenvalue weighted by molar-refractivity contribution is 5.99. The SMILES string of the molecule is C=CC(C)(C)c1c2c(c(O)c3c(=O)c4ccc(C)c(O)c4oc13)CC(C(C)(C)O)O2. The molecule has 1 aliphatic rings. The van der Waals surface area contributed by atoms with Crippen LogP contribution in [-0.2, 0) is 11.8 Å². The summed E-state index contributed by atoms with van der Waals surface area (Å²) in [7, 11) is 0. The van der Waals surface area contributed by atoms with Gasteiger partial charge in [0.1, 0.15) is 28.6 Å². The highest BCUT2D eigenvalue weighted by Gasteiger charge is 2.42. The number of phenolic OH excluding ortho intramolecular Hbond substituents is 2. The van der Waals surface area contributed by atoms with E-state index in [0.29, 0.717) is 22.4 Å². The fourth-order valence-electron chi connectivity index (χ4n) is 4.02. The molecule has 6 nitrogen and oxygen atoms in total. The Morgan fingerprint density at radius 1 is 1.13 bits per heavy atom. The van der Waals surface area contributed by atoms with Crippen molar-refractivity contribution >= 4 is 21.9 Å². The zero-order valence-electron chi connectivity index (χ0n) is 17.8. The Morgan fingerprint density at radius 3 is 2.40 bits per heavy atom. The van der Waals surface area contributed by atoms with Crippen LogP contribution in [0.4, 0.5) is 0 Å². The maximum Gasteiger partial charge on any atom is 0.204 e. The monoisotopic (exact) mass is 410 g/mol. The van der Waals surface area contributed by atoms with Gasteiger partial charge in [0.25, 0.3) is 0 Å². The Hall–Kier alpha value is -2.99. The molecule has 30 heavy (non-hydrogen) atoms. The number of ether oxygens (including phenoxy) is 1. The molecule has 0 spiro atoms. The largest absolute Gasteiger partial charge is 0.507 e. The molecular formula is C24H26O6. The van der Waals surface area contributed by atoms with Gasteiger partial charge in [-0.25, -0.2) is 0 Å². The van der Waals surface area contributed by atoms with E-state index in [1.807, 2.05) is 13.8 Å². The standard InChI is InChI=1S/C24H26O6/c1-7-23(3,4)16-20-13(10-14(29-20)24(5,6)28)19(27)15-18(26)12-9-8-11(2)17(25)21(12)30-22(15)16/h7-9,14,25,27-28H,1,10H2,2-6H3. The highest BCUT2D eigenvalue weighted by atomic mass is 16.5. The van der Waals surface area contributed by atoms with Crippen LogP contribution >= 0.6 is 0 Å². The lowest BCUT2D eigenvalue weighted by molar-refractivity contribution is -0.0234. The lowest BCUT2D eigenvalue weighted by atomic mass is 9.81. The third-order valence-electron chi connectivity index (χ3n) is 6.08. The summed E-state index contributed by atoms with van der Waals surface area (Å²) >= 11 is 0. The number of fused-ring (bicyclic) bond motifs is 3. The second-order valence-corrected chi connectivity index (χ2v) is 9.16. The summed E-state index contributed by atoms with van der Waals surface area (Å²) in [5.74, 6) is 0.0434. The smallest absolute Gasteiger partial charge is 0.204 e. The van der Waals surface area contributed by atoms with Crippen LogP contribution in [0, 0.1) is 6.92 Å². The van der Waals surface area contributed by atoms with Gasteiger partial charge in [-0.05, 0) is 32.4 Å². The number of aryl methyl sites for hydroxylation is 1. The van der Waals surface area contributed by atoms with E-state index < -0.39 is 22.5 Å². The van der Waals surface area contributed by atoms with Gasteiger partial charge in [0, 0.05) is 23.0 Å². The Morgan fingerprint density at radius 2 is 1.80 bits per heavy atom. The second-order valence-electron chi connectivity index (χ2n) is 9.16. The Balaban J connectivity index is 2.23. The normalized spacial score (nSPS) is 16.7. The summed E-state index contributed by atoms with van der Waals surface area (Å²) in [5.41, 5.74) is -0.503. The van der Waals surface area contributed by atoms with Crippen molar-refractivity contribution in [2.45, 2.75) is 58.2 Å². The van der Waals surface area contributed by atoms with E-state index in [4.69, 9.17) is 9.15 Å².